The predicted molar refractivity (Wildman–Crippen MR) is 89.0 cm³/mol. The number of ether oxygens (including phenoxy) is 2. The zero-order chi connectivity index (χ0) is 17.4. The van der Waals surface area contributed by atoms with Crippen molar-refractivity contribution in [3.8, 4) is 0 Å². The molecule has 0 spiro atoms. The van der Waals surface area contributed by atoms with E-state index >= 15 is 0 Å². The van der Waals surface area contributed by atoms with Crippen LogP contribution < -0.4 is 10.6 Å². The van der Waals surface area contributed by atoms with Crippen molar-refractivity contribution in [3.63, 3.8) is 0 Å². The first kappa shape index (κ1) is 19.5. The van der Waals surface area contributed by atoms with Crippen LogP contribution in [0.5, 0.6) is 0 Å². The number of nitrogens with one attached hydrogen (secondary N) is 2. The summed E-state index contributed by atoms with van der Waals surface area (Å²) in [5.74, 6) is 0.136. The van der Waals surface area contributed by atoms with Crippen molar-refractivity contribution >= 4 is 12.0 Å². The molecule has 1 aliphatic heterocycles. The van der Waals surface area contributed by atoms with Crippen molar-refractivity contribution < 1.29 is 19.1 Å². The van der Waals surface area contributed by atoms with Gasteiger partial charge in [-0.2, -0.15) is 0 Å². The Morgan fingerprint density at radius 1 is 1.35 bits per heavy atom. The van der Waals surface area contributed by atoms with E-state index in [-0.39, 0.29) is 24.0 Å². The Bertz CT molecular complexity index is 413. The molecule has 0 radical (unpaired) electrons. The van der Waals surface area contributed by atoms with Gasteiger partial charge >= 0.3 is 6.09 Å². The van der Waals surface area contributed by atoms with Crippen molar-refractivity contribution in [2.24, 2.45) is 11.8 Å². The van der Waals surface area contributed by atoms with Crippen molar-refractivity contribution in [1.29, 1.82) is 0 Å². The van der Waals surface area contributed by atoms with E-state index in [4.69, 9.17) is 4.74 Å². The average Bonchev–Trinajstić information content (AvgIpc) is 2.63. The highest BCUT2D eigenvalue weighted by atomic mass is 16.5. The minimum atomic E-state index is -0.619. The minimum Gasteiger partial charge on any atom is -0.453 e. The molecule has 1 aliphatic rings. The number of carbonyl (C=O) groups is 2. The predicted octanol–water partition coefficient (Wildman–Crippen LogP) is 2.24. The monoisotopic (exact) mass is 326 g/mol. The number of amides is 2. The van der Waals surface area contributed by atoms with Gasteiger partial charge in [0.2, 0.25) is 5.91 Å². The van der Waals surface area contributed by atoms with Gasteiger partial charge < -0.3 is 20.1 Å². The van der Waals surface area contributed by atoms with Crippen LogP contribution in [0, 0.1) is 11.8 Å². The van der Waals surface area contributed by atoms with Crippen LogP contribution in [0.2, 0.25) is 0 Å². The molecule has 6 heteroatoms. The second-order valence-corrected chi connectivity index (χ2v) is 6.34. The first-order valence-corrected chi connectivity index (χ1v) is 8.27. The Kier molecular flexibility index (Phi) is 8.09. The normalized spacial score (nSPS) is 29.0. The van der Waals surface area contributed by atoms with E-state index in [1.807, 2.05) is 6.92 Å². The van der Waals surface area contributed by atoms with E-state index in [2.05, 4.69) is 35.8 Å². The molecule has 1 rings (SSSR count). The maximum Gasteiger partial charge on any atom is 0.407 e. The summed E-state index contributed by atoms with van der Waals surface area (Å²) in [7, 11) is 1.30. The topological polar surface area (TPSA) is 76.7 Å². The number of methoxy groups -OCH3 is 1. The van der Waals surface area contributed by atoms with Crippen molar-refractivity contribution in [1.82, 2.24) is 10.6 Å². The largest absolute Gasteiger partial charge is 0.453 e. The quantitative estimate of drug-likeness (QED) is 0.580. The van der Waals surface area contributed by atoms with E-state index in [1.54, 1.807) is 6.08 Å². The van der Waals surface area contributed by atoms with Crippen LogP contribution in [-0.2, 0) is 14.3 Å². The van der Waals surface area contributed by atoms with Gasteiger partial charge in [-0.05, 0) is 44.9 Å². The van der Waals surface area contributed by atoms with Gasteiger partial charge in [-0.25, -0.2) is 4.79 Å². The molecule has 5 atom stereocenters. The first-order chi connectivity index (χ1) is 10.9. The number of alkyl carbamates (subject to hydrolysis) is 1. The highest BCUT2D eigenvalue weighted by Crippen LogP contribution is 2.30. The van der Waals surface area contributed by atoms with Gasteiger partial charge in [0.25, 0.3) is 0 Å². The highest BCUT2D eigenvalue weighted by molar-refractivity contribution is 5.85. The number of rotatable bonds is 6. The lowest BCUT2D eigenvalue weighted by Gasteiger charge is -2.27. The molecular weight excluding hydrogens is 296 g/mol. The standard InChI is InChI=1S/C17H30N2O4/c1-6-7-8-18-16(20)15(19-17(21)22-5)14-9-11(2)13(4)23-12(3)10-14/h6,11-15H,1,7-10H2,2-5H3,(H,18,20)(H,19,21). The summed E-state index contributed by atoms with van der Waals surface area (Å²) >= 11 is 0. The lowest BCUT2D eigenvalue weighted by atomic mass is 9.85. The maximum absolute atomic E-state index is 12.5. The van der Waals surface area contributed by atoms with Crippen molar-refractivity contribution in [2.75, 3.05) is 13.7 Å². The maximum atomic E-state index is 12.5. The average molecular weight is 326 g/mol. The smallest absolute Gasteiger partial charge is 0.407 e. The fourth-order valence-electron chi connectivity index (χ4n) is 3.01. The summed E-state index contributed by atoms with van der Waals surface area (Å²) in [6, 6.07) is -0.619. The van der Waals surface area contributed by atoms with E-state index in [9.17, 15) is 9.59 Å². The Morgan fingerprint density at radius 3 is 2.65 bits per heavy atom. The fourth-order valence-corrected chi connectivity index (χ4v) is 3.01. The third-order valence-corrected chi connectivity index (χ3v) is 4.42. The van der Waals surface area contributed by atoms with Gasteiger partial charge in [0, 0.05) is 6.54 Å². The van der Waals surface area contributed by atoms with Gasteiger partial charge in [0.15, 0.2) is 0 Å². The molecule has 0 aliphatic carbocycles. The molecule has 5 unspecified atom stereocenters. The van der Waals surface area contributed by atoms with Crippen LogP contribution in [0.3, 0.4) is 0 Å². The second kappa shape index (κ2) is 9.55. The molecule has 0 bridgehead atoms. The zero-order valence-corrected chi connectivity index (χ0v) is 14.6. The van der Waals surface area contributed by atoms with Crippen LogP contribution in [0.4, 0.5) is 4.79 Å². The summed E-state index contributed by atoms with van der Waals surface area (Å²) < 4.78 is 10.6. The summed E-state index contributed by atoms with van der Waals surface area (Å²) in [6.07, 6.45) is 3.56. The summed E-state index contributed by atoms with van der Waals surface area (Å²) in [5.41, 5.74) is 0. The molecule has 0 aromatic carbocycles. The number of hydrogen-bond acceptors (Lipinski definition) is 4. The van der Waals surface area contributed by atoms with Crippen molar-refractivity contribution in [3.05, 3.63) is 12.7 Å². The molecule has 1 heterocycles. The molecule has 23 heavy (non-hydrogen) atoms. The van der Waals surface area contributed by atoms with Crippen LogP contribution in [0.1, 0.15) is 40.0 Å². The molecule has 2 N–H and O–H groups in total. The van der Waals surface area contributed by atoms with Crippen LogP contribution in [0.15, 0.2) is 12.7 Å². The second-order valence-electron chi connectivity index (χ2n) is 6.34. The number of hydrogen-bond donors (Lipinski definition) is 2. The van der Waals surface area contributed by atoms with Gasteiger partial charge in [0.05, 0.1) is 19.3 Å². The molecular formula is C17H30N2O4. The van der Waals surface area contributed by atoms with Crippen LogP contribution in [-0.4, -0.2) is 43.9 Å². The lowest BCUT2D eigenvalue weighted by molar-refractivity contribution is -0.124. The summed E-state index contributed by atoms with van der Waals surface area (Å²) in [4.78, 5) is 24.2. The van der Waals surface area contributed by atoms with E-state index in [0.717, 1.165) is 12.8 Å². The van der Waals surface area contributed by atoms with E-state index in [1.165, 1.54) is 7.11 Å². The Labute approximate surface area is 139 Å². The van der Waals surface area contributed by atoms with Gasteiger partial charge in [-0.3, -0.25) is 4.79 Å². The third-order valence-electron chi connectivity index (χ3n) is 4.42. The van der Waals surface area contributed by atoms with Gasteiger partial charge in [-0.15, -0.1) is 6.58 Å². The molecule has 132 valence electrons. The van der Waals surface area contributed by atoms with Crippen LogP contribution in [0.25, 0.3) is 0 Å². The van der Waals surface area contributed by atoms with E-state index < -0.39 is 12.1 Å². The minimum absolute atomic E-state index is 0.00720. The van der Waals surface area contributed by atoms with Gasteiger partial charge in [0.1, 0.15) is 6.04 Å². The third kappa shape index (κ3) is 6.22. The number of carbonyl (C=O) groups excluding carboxylic acids is 2. The Balaban J connectivity index is 2.85. The van der Waals surface area contributed by atoms with Crippen molar-refractivity contribution in [2.45, 2.75) is 58.3 Å². The fraction of sp³-hybridized carbons (Fsp3) is 0.765. The first-order valence-electron chi connectivity index (χ1n) is 8.27. The molecule has 1 saturated heterocycles. The molecule has 0 aromatic rings. The highest BCUT2D eigenvalue weighted by Gasteiger charge is 2.36. The molecule has 0 saturated carbocycles. The summed E-state index contributed by atoms with van der Waals surface area (Å²) in [5, 5.41) is 5.54. The molecule has 2 amide bonds. The van der Waals surface area contributed by atoms with Crippen LogP contribution >= 0.6 is 0 Å². The zero-order valence-electron chi connectivity index (χ0n) is 14.6. The lowest BCUT2D eigenvalue weighted by Crippen LogP contribution is -2.51. The molecule has 0 aromatic heterocycles. The Morgan fingerprint density at radius 2 is 2.04 bits per heavy atom. The van der Waals surface area contributed by atoms with E-state index in [0.29, 0.717) is 18.9 Å². The molecule has 1 fully saturated rings. The van der Waals surface area contributed by atoms with Gasteiger partial charge in [-0.1, -0.05) is 13.0 Å². The summed E-state index contributed by atoms with van der Waals surface area (Å²) in [6.45, 7) is 10.3. The SMILES string of the molecule is C=CCCNC(=O)C(NC(=O)OC)C1CC(C)OC(C)C(C)C1. The molecule has 6 nitrogen and oxygen atoms in total. The Hall–Kier alpha value is -1.56.